The van der Waals surface area contributed by atoms with E-state index >= 15 is 0 Å². The van der Waals surface area contributed by atoms with Gasteiger partial charge in [0.2, 0.25) is 5.91 Å². The molecule has 0 heterocycles. The second-order valence-corrected chi connectivity index (χ2v) is 6.46. The largest absolute Gasteiger partial charge is 0.493 e. The molecule has 1 amide bonds. The van der Waals surface area contributed by atoms with Gasteiger partial charge in [-0.05, 0) is 43.0 Å². The number of carbonyl (C=O) groups excluding carboxylic acids is 1. The number of ether oxygens (including phenoxy) is 2. The first-order valence-electron chi connectivity index (χ1n) is 8.70. The molecule has 0 N–H and O–H groups in total. The number of carbonyl (C=O) groups is 1. The van der Waals surface area contributed by atoms with Gasteiger partial charge in [-0.15, -0.1) is 0 Å². The first-order chi connectivity index (χ1) is 12.1. The van der Waals surface area contributed by atoms with E-state index in [1.807, 2.05) is 48.2 Å². The monoisotopic (exact) mass is 339 g/mol. The Morgan fingerprint density at radius 3 is 2.28 bits per heavy atom. The molecule has 0 bridgehead atoms. The lowest BCUT2D eigenvalue weighted by Gasteiger charge is -2.27. The van der Waals surface area contributed by atoms with E-state index in [-0.39, 0.29) is 11.3 Å². The van der Waals surface area contributed by atoms with Crippen molar-refractivity contribution in [3.05, 3.63) is 59.7 Å². The predicted octanol–water partition coefficient (Wildman–Crippen LogP) is 3.78. The molecule has 0 radical (unpaired) electrons. The average Bonchev–Trinajstić information content (AvgIpc) is 3.48. The molecule has 2 aromatic rings. The third-order valence-electron chi connectivity index (χ3n) is 4.98. The molecule has 4 heteroatoms. The number of amides is 1. The van der Waals surface area contributed by atoms with Gasteiger partial charge in [0, 0.05) is 13.1 Å². The van der Waals surface area contributed by atoms with Crippen molar-refractivity contribution < 1.29 is 14.3 Å². The lowest BCUT2D eigenvalue weighted by Crippen LogP contribution is -2.38. The van der Waals surface area contributed by atoms with Crippen LogP contribution >= 0.6 is 0 Å². The fraction of sp³-hybridized carbons (Fsp3) is 0.381. The molecular formula is C21H25NO3. The van der Waals surface area contributed by atoms with Crippen LogP contribution in [0.15, 0.2) is 48.5 Å². The summed E-state index contributed by atoms with van der Waals surface area (Å²) in [6.45, 7) is 3.28. The van der Waals surface area contributed by atoms with Gasteiger partial charge < -0.3 is 14.4 Å². The van der Waals surface area contributed by atoms with Gasteiger partial charge in [0.1, 0.15) is 0 Å². The highest BCUT2D eigenvalue weighted by Gasteiger charge is 2.52. The van der Waals surface area contributed by atoms with Crippen molar-refractivity contribution in [1.82, 2.24) is 4.90 Å². The summed E-state index contributed by atoms with van der Waals surface area (Å²) in [5.74, 6) is 1.60. The Hall–Kier alpha value is -2.49. The van der Waals surface area contributed by atoms with Gasteiger partial charge in [-0.2, -0.15) is 0 Å². The van der Waals surface area contributed by atoms with Crippen LogP contribution in [0.1, 0.15) is 30.9 Å². The van der Waals surface area contributed by atoms with Crippen LogP contribution < -0.4 is 9.47 Å². The first kappa shape index (κ1) is 17.3. The van der Waals surface area contributed by atoms with Gasteiger partial charge in [-0.1, -0.05) is 36.4 Å². The number of hydrogen-bond donors (Lipinski definition) is 0. The quantitative estimate of drug-likeness (QED) is 0.770. The molecule has 0 aliphatic heterocycles. The highest BCUT2D eigenvalue weighted by Crippen LogP contribution is 2.49. The van der Waals surface area contributed by atoms with Crippen molar-refractivity contribution in [2.24, 2.45) is 0 Å². The lowest BCUT2D eigenvalue weighted by molar-refractivity contribution is -0.134. The summed E-state index contributed by atoms with van der Waals surface area (Å²) in [5.41, 5.74) is 1.84. The average molecular weight is 339 g/mol. The molecule has 2 aromatic carbocycles. The molecule has 1 saturated carbocycles. The maximum Gasteiger partial charge on any atom is 0.233 e. The van der Waals surface area contributed by atoms with Gasteiger partial charge >= 0.3 is 0 Å². The van der Waals surface area contributed by atoms with Crippen LogP contribution in [-0.2, 0) is 16.8 Å². The van der Waals surface area contributed by atoms with Gasteiger partial charge in [0.25, 0.3) is 0 Å². The van der Waals surface area contributed by atoms with Crippen LogP contribution in [0.2, 0.25) is 0 Å². The minimum absolute atomic E-state index is 0.219. The molecule has 1 fully saturated rings. The molecule has 0 saturated heterocycles. The van der Waals surface area contributed by atoms with Crippen molar-refractivity contribution >= 4 is 5.91 Å². The maximum atomic E-state index is 13.2. The Morgan fingerprint density at radius 1 is 1.04 bits per heavy atom. The fourth-order valence-corrected chi connectivity index (χ4v) is 3.34. The number of rotatable bonds is 7. The molecule has 1 aliphatic carbocycles. The summed E-state index contributed by atoms with van der Waals surface area (Å²) in [4.78, 5) is 15.1. The number of nitrogens with zero attached hydrogens (tertiary/aromatic N) is 1. The van der Waals surface area contributed by atoms with E-state index in [9.17, 15) is 4.79 Å². The molecule has 0 spiro atoms. The SMILES string of the molecule is CCN(Cc1ccc(OC)c(OC)c1)C(=O)C1(c2ccccc2)CC1. The third kappa shape index (κ3) is 3.34. The van der Waals surface area contributed by atoms with E-state index in [0.29, 0.717) is 24.6 Å². The highest BCUT2D eigenvalue weighted by molar-refractivity contribution is 5.91. The number of hydrogen-bond acceptors (Lipinski definition) is 3. The predicted molar refractivity (Wildman–Crippen MR) is 98.0 cm³/mol. The van der Waals surface area contributed by atoms with Crippen LogP contribution in [0.5, 0.6) is 11.5 Å². The van der Waals surface area contributed by atoms with E-state index in [0.717, 1.165) is 24.0 Å². The topological polar surface area (TPSA) is 38.8 Å². The molecule has 3 rings (SSSR count). The van der Waals surface area contributed by atoms with Crippen LogP contribution in [0, 0.1) is 0 Å². The Balaban J connectivity index is 1.80. The summed E-state index contributed by atoms with van der Waals surface area (Å²) in [7, 11) is 3.25. The number of methoxy groups -OCH3 is 2. The summed E-state index contributed by atoms with van der Waals surface area (Å²) in [6, 6.07) is 15.9. The smallest absolute Gasteiger partial charge is 0.233 e. The van der Waals surface area contributed by atoms with E-state index in [4.69, 9.17) is 9.47 Å². The van der Waals surface area contributed by atoms with Crippen LogP contribution in [0.25, 0.3) is 0 Å². The minimum atomic E-state index is -0.326. The van der Waals surface area contributed by atoms with Gasteiger partial charge in [0.05, 0.1) is 19.6 Å². The summed E-state index contributed by atoms with van der Waals surface area (Å²) in [5, 5.41) is 0. The molecule has 4 nitrogen and oxygen atoms in total. The van der Waals surface area contributed by atoms with Crippen molar-refractivity contribution in [2.75, 3.05) is 20.8 Å². The first-order valence-corrected chi connectivity index (χ1v) is 8.70. The standard InChI is InChI=1S/C21H25NO3/c1-4-22(15-16-10-11-18(24-2)19(14-16)25-3)20(23)21(12-13-21)17-8-6-5-7-9-17/h5-11,14H,4,12-13,15H2,1-3H3. The number of likely N-dealkylation sites (N-methyl/N-ethyl adjacent to an activating group) is 1. The van der Waals surface area contributed by atoms with Crippen molar-refractivity contribution in [2.45, 2.75) is 31.7 Å². The zero-order chi connectivity index (χ0) is 17.9. The zero-order valence-electron chi connectivity index (χ0n) is 15.1. The maximum absolute atomic E-state index is 13.2. The zero-order valence-corrected chi connectivity index (χ0v) is 15.1. The summed E-state index contributed by atoms with van der Waals surface area (Å²) < 4.78 is 10.7. The summed E-state index contributed by atoms with van der Waals surface area (Å²) in [6.07, 6.45) is 1.86. The van der Waals surface area contributed by atoms with E-state index in [1.54, 1.807) is 14.2 Å². The lowest BCUT2D eigenvalue weighted by atomic mass is 9.94. The molecule has 0 atom stereocenters. The van der Waals surface area contributed by atoms with Gasteiger partial charge in [-0.3, -0.25) is 4.79 Å². The second kappa shape index (κ2) is 7.18. The van der Waals surface area contributed by atoms with E-state index in [2.05, 4.69) is 12.1 Å². The Morgan fingerprint density at radius 2 is 1.72 bits per heavy atom. The van der Waals surface area contributed by atoms with Gasteiger partial charge in [0.15, 0.2) is 11.5 Å². The van der Waals surface area contributed by atoms with E-state index in [1.165, 1.54) is 0 Å². The normalized spacial score (nSPS) is 14.7. The molecule has 132 valence electrons. The molecule has 1 aliphatic rings. The Bertz CT molecular complexity index is 738. The van der Waals surface area contributed by atoms with Crippen LogP contribution in [-0.4, -0.2) is 31.6 Å². The number of benzene rings is 2. The van der Waals surface area contributed by atoms with E-state index < -0.39 is 0 Å². The van der Waals surface area contributed by atoms with Crippen molar-refractivity contribution in [3.63, 3.8) is 0 Å². The van der Waals surface area contributed by atoms with Gasteiger partial charge in [-0.25, -0.2) is 0 Å². The van der Waals surface area contributed by atoms with Crippen molar-refractivity contribution in [3.8, 4) is 11.5 Å². The summed E-state index contributed by atoms with van der Waals surface area (Å²) >= 11 is 0. The molecule has 0 unspecified atom stereocenters. The minimum Gasteiger partial charge on any atom is -0.493 e. The molecule has 0 aromatic heterocycles. The van der Waals surface area contributed by atoms with Crippen LogP contribution in [0.3, 0.4) is 0 Å². The highest BCUT2D eigenvalue weighted by atomic mass is 16.5. The molecular weight excluding hydrogens is 314 g/mol. The van der Waals surface area contributed by atoms with Crippen LogP contribution in [0.4, 0.5) is 0 Å². The fourth-order valence-electron chi connectivity index (χ4n) is 3.34. The Kier molecular flexibility index (Phi) is 4.98. The molecule has 25 heavy (non-hydrogen) atoms. The second-order valence-electron chi connectivity index (χ2n) is 6.46. The van der Waals surface area contributed by atoms with Crippen molar-refractivity contribution in [1.29, 1.82) is 0 Å². The Labute approximate surface area is 149 Å². The third-order valence-corrected chi connectivity index (χ3v) is 4.98.